The van der Waals surface area contributed by atoms with Gasteiger partial charge in [0.25, 0.3) is 0 Å². The second-order valence-corrected chi connectivity index (χ2v) is 7.08. The van der Waals surface area contributed by atoms with E-state index in [2.05, 4.69) is 26.6 Å². The van der Waals surface area contributed by atoms with Crippen molar-refractivity contribution < 1.29 is 19.0 Å². The highest BCUT2D eigenvalue weighted by Crippen LogP contribution is 2.37. The summed E-state index contributed by atoms with van der Waals surface area (Å²) in [7, 11) is 0. The smallest absolute Gasteiger partial charge is 0.175 e. The van der Waals surface area contributed by atoms with Gasteiger partial charge in [-0.3, -0.25) is 0 Å². The van der Waals surface area contributed by atoms with Crippen molar-refractivity contribution in [2.75, 3.05) is 32.8 Å². The normalized spacial score (nSPS) is 10.9. The van der Waals surface area contributed by atoms with Gasteiger partial charge in [0.2, 0.25) is 0 Å². The van der Waals surface area contributed by atoms with Crippen molar-refractivity contribution in [1.82, 2.24) is 10.6 Å². The third kappa shape index (κ3) is 7.39. The molecule has 0 heterocycles. The summed E-state index contributed by atoms with van der Waals surface area (Å²) in [5.41, 5.74) is 1.56. The fraction of sp³-hybridized carbons (Fsp3) is 0.429. The molecule has 0 saturated carbocycles. The minimum atomic E-state index is -0.286. The fourth-order valence-electron chi connectivity index (χ4n) is 2.67. The van der Waals surface area contributed by atoms with Gasteiger partial charge in [-0.25, -0.2) is 4.39 Å². The molecule has 0 aromatic heterocycles. The van der Waals surface area contributed by atoms with E-state index in [0.717, 1.165) is 29.5 Å². The molecule has 3 N–H and O–H groups in total. The summed E-state index contributed by atoms with van der Waals surface area (Å²) in [5.74, 6) is 0.919. The molecule has 0 fully saturated rings. The molecule has 0 aliphatic carbocycles. The van der Waals surface area contributed by atoms with E-state index in [0.29, 0.717) is 36.8 Å². The minimum absolute atomic E-state index is 0.129. The summed E-state index contributed by atoms with van der Waals surface area (Å²) in [4.78, 5) is 0. The van der Waals surface area contributed by atoms with Crippen LogP contribution in [0.1, 0.15) is 24.5 Å². The van der Waals surface area contributed by atoms with Gasteiger partial charge < -0.3 is 25.2 Å². The molecule has 0 bridgehead atoms. The molecule has 0 aliphatic heterocycles. The zero-order valence-corrected chi connectivity index (χ0v) is 17.7. The van der Waals surface area contributed by atoms with Crippen molar-refractivity contribution >= 4 is 15.9 Å². The third-order valence-electron chi connectivity index (χ3n) is 4.02. The predicted octanol–water partition coefficient (Wildman–Crippen LogP) is 3.63. The molecule has 2 rings (SSSR count). The Balaban J connectivity index is 1.95. The van der Waals surface area contributed by atoms with Crippen LogP contribution in [0.4, 0.5) is 4.39 Å². The first kappa shape index (κ1) is 22.6. The van der Waals surface area contributed by atoms with E-state index in [1.54, 1.807) is 18.2 Å². The lowest BCUT2D eigenvalue weighted by Gasteiger charge is -2.16. The Labute approximate surface area is 174 Å². The quantitative estimate of drug-likeness (QED) is 0.403. The number of aliphatic hydroxyl groups is 1. The van der Waals surface area contributed by atoms with Crippen LogP contribution in [-0.4, -0.2) is 38.0 Å². The monoisotopic (exact) mass is 454 g/mol. The molecule has 5 nitrogen and oxygen atoms in total. The number of benzene rings is 2. The molecular formula is C21H28BrFN2O3. The summed E-state index contributed by atoms with van der Waals surface area (Å²) in [6.07, 6.45) is 0.976. The molecule has 7 heteroatoms. The van der Waals surface area contributed by atoms with Gasteiger partial charge in [0.05, 0.1) is 17.7 Å². The van der Waals surface area contributed by atoms with Gasteiger partial charge in [-0.05, 0) is 66.1 Å². The van der Waals surface area contributed by atoms with E-state index in [4.69, 9.17) is 14.6 Å². The standard InChI is InChI=1S/C21H28BrFN2O3/c1-2-27-20-13-16(14-25-9-5-8-24-10-11-26)12-18(22)21(20)28-15-17-6-3-4-7-19(17)23/h3-4,6-7,12-13,24-26H,2,5,8-11,14-15H2,1H3. The predicted molar refractivity (Wildman–Crippen MR) is 112 cm³/mol. The molecule has 28 heavy (non-hydrogen) atoms. The summed E-state index contributed by atoms with van der Waals surface area (Å²) in [6.45, 7) is 5.77. The van der Waals surface area contributed by atoms with Crippen molar-refractivity contribution in [3.8, 4) is 11.5 Å². The van der Waals surface area contributed by atoms with Gasteiger partial charge >= 0.3 is 0 Å². The number of rotatable bonds is 13. The molecule has 0 spiro atoms. The van der Waals surface area contributed by atoms with Crippen molar-refractivity contribution in [3.05, 3.63) is 57.8 Å². The molecule has 0 saturated heterocycles. The lowest BCUT2D eigenvalue weighted by molar-refractivity contribution is 0.264. The first-order valence-corrected chi connectivity index (χ1v) is 10.3. The Kier molecular flexibility index (Phi) is 10.3. The molecule has 0 atom stereocenters. The largest absolute Gasteiger partial charge is 0.490 e. The number of hydrogen-bond donors (Lipinski definition) is 3. The highest BCUT2D eigenvalue weighted by Gasteiger charge is 2.13. The van der Waals surface area contributed by atoms with E-state index in [-0.39, 0.29) is 19.0 Å². The van der Waals surface area contributed by atoms with E-state index >= 15 is 0 Å². The lowest BCUT2D eigenvalue weighted by Crippen LogP contribution is -2.23. The van der Waals surface area contributed by atoms with Crippen LogP contribution in [0.2, 0.25) is 0 Å². The average molecular weight is 455 g/mol. The minimum Gasteiger partial charge on any atom is -0.490 e. The van der Waals surface area contributed by atoms with Gasteiger partial charge in [-0.15, -0.1) is 0 Å². The zero-order chi connectivity index (χ0) is 20.2. The Morgan fingerprint density at radius 1 is 1.07 bits per heavy atom. The topological polar surface area (TPSA) is 62.8 Å². The van der Waals surface area contributed by atoms with Crippen LogP contribution >= 0.6 is 15.9 Å². The van der Waals surface area contributed by atoms with Gasteiger partial charge in [0, 0.05) is 18.7 Å². The Bertz CT molecular complexity index is 731. The summed E-state index contributed by atoms with van der Waals surface area (Å²) in [5, 5.41) is 15.3. The average Bonchev–Trinajstić information content (AvgIpc) is 2.68. The number of ether oxygens (including phenoxy) is 2. The molecule has 0 aliphatic rings. The Hall–Kier alpha value is -1.67. The molecule has 2 aromatic rings. The van der Waals surface area contributed by atoms with Gasteiger partial charge in [0.15, 0.2) is 11.5 Å². The van der Waals surface area contributed by atoms with Gasteiger partial charge in [-0.2, -0.15) is 0 Å². The van der Waals surface area contributed by atoms with Crippen LogP contribution in [0, 0.1) is 5.82 Å². The highest BCUT2D eigenvalue weighted by atomic mass is 79.9. The first-order chi connectivity index (χ1) is 13.7. The van der Waals surface area contributed by atoms with Gasteiger partial charge in [-0.1, -0.05) is 18.2 Å². The van der Waals surface area contributed by atoms with Crippen molar-refractivity contribution in [3.63, 3.8) is 0 Å². The maximum atomic E-state index is 13.8. The maximum Gasteiger partial charge on any atom is 0.175 e. The van der Waals surface area contributed by atoms with Crippen LogP contribution in [0.25, 0.3) is 0 Å². The van der Waals surface area contributed by atoms with Crippen LogP contribution in [0.5, 0.6) is 11.5 Å². The van der Waals surface area contributed by atoms with Crippen molar-refractivity contribution in [1.29, 1.82) is 0 Å². The van der Waals surface area contributed by atoms with Crippen molar-refractivity contribution in [2.24, 2.45) is 0 Å². The second kappa shape index (κ2) is 12.7. The fourth-order valence-corrected chi connectivity index (χ4v) is 3.27. The second-order valence-electron chi connectivity index (χ2n) is 6.22. The Morgan fingerprint density at radius 2 is 1.86 bits per heavy atom. The van der Waals surface area contributed by atoms with Gasteiger partial charge in [0.1, 0.15) is 12.4 Å². The third-order valence-corrected chi connectivity index (χ3v) is 4.61. The van der Waals surface area contributed by atoms with E-state index < -0.39 is 0 Å². The molecule has 0 unspecified atom stereocenters. The summed E-state index contributed by atoms with van der Waals surface area (Å²) < 4.78 is 26.2. The van der Waals surface area contributed by atoms with E-state index in [9.17, 15) is 4.39 Å². The summed E-state index contributed by atoms with van der Waals surface area (Å²) in [6, 6.07) is 10.5. The number of nitrogens with one attached hydrogen (secondary N) is 2. The first-order valence-electron chi connectivity index (χ1n) is 9.49. The van der Waals surface area contributed by atoms with Crippen LogP contribution in [-0.2, 0) is 13.2 Å². The molecule has 0 radical (unpaired) electrons. The SMILES string of the molecule is CCOc1cc(CNCCCNCCO)cc(Br)c1OCc1ccccc1F. The van der Waals surface area contributed by atoms with E-state index in [1.165, 1.54) is 6.07 Å². The lowest BCUT2D eigenvalue weighted by atomic mass is 10.2. The van der Waals surface area contributed by atoms with E-state index in [1.807, 2.05) is 19.1 Å². The maximum absolute atomic E-state index is 13.8. The molecular weight excluding hydrogens is 427 g/mol. The van der Waals surface area contributed by atoms with Crippen LogP contribution in [0.15, 0.2) is 40.9 Å². The number of aliphatic hydroxyl groups excluding tert-OH is 1. The van der Waals surface area contributed by atoms with Crippen LogP contribution < -0.4 is 20.1 Å². The molecule has 2 aromatic carbocycles. The number of hydrogen-bond acceptors (Lipinski definition) is 5. The molecule has 154 valence electrons. The molecule has 0 amide bonds. The van der Waals surface area contributed by atoms with Crippen molar-refractivity contribution in [2.45, 2.75) is 26.5 Å². The van der Waals surface area contributed by atoms with Crippen LogP contribution in [0.3, 0.4) is 0 Å². The summed E-state index contributed by atoms with van der Waals surface area (Å²) >= 11 is 3.55. The Morgan fingerprint density at radius 3 is 2.61 bits per heavy atom. The number of halogens is 2. The zero-order valence-electron chi connectivity index (χ0n) is 16.1. The highest BCUT2D eigenvalue weighted by molar-refractivity contribution is 9.10.